The van der Waals surface area contributed by atoms with E-state index < -0.39 is 15.6 Å². The lowest BCUT2D eigenvalue weighted by molar-refractivity contribution is -0.467. The van der Waals surface area contributed by atoms with E-state index in [9.17, 15) is 13.2 Å². The molecule has 7 nitrogen and oxygen atoms in total. The first-order chi connectivity index (χ1) is 19.5. The zero-order chi connectivity index (χ0) is 29.4. The Morgan fingerprint density at radius 3 is 2.15 bits per heavy atom. The second-order valence-corrected chi connectivity index (χ2v) is 10.5. The highest BCUT2D eigenvalue weighted by atomic mass is 32.2. The molecule has 41 heavy (non-hydrogen) atoms. The Labute approximate surface area is 233 Å². The molecule has 0 bridgehead atoms. The van der Waals surface area contributed by atoms with Crippen molar-refractivity contribution >= 4 is 43.6 Å². The first-order valence-corrected chi connectivity index (χ1v) is 13.8. The van der Waals surface area contributed by atoms with Crippen LogP contribution in [-0.2, 0) is 10.1 Å². The van der Waals surface area contributed by atoms with Crippen molar-refractivity contribution in [2.75, 3.05) is 12.4 Å². The number of pyridine rings is 2. The third kappa shape index (κ3) is 5.41. The van der Waals surface area contributed by atoms with Gasteiger partial charge in [0.1, 0.15) is 17.1 Å². The minimum Gasteiger partial charge on any atom is -0.741 e. The van der Waals surface area contributed by atoms with Gasteiger partial charge in [0.25, 0.3) is 11.5 Å². The molecule has 0 spiro atoms. The zero-order valence-corrected chi connectivity index (χ0v) is 22.7. The highest BCUT2D eigenvalue weighted by Crippen LogP contribution is 2.33. The van der Waals surface area contributed by atoms with E-state index in [2.05, 4.69) is 112 Å². The molecule has 0 unspecified atom stereocenters. The zero-order valence-electron chi connectivity index (χ0n) is 21.9. The summed E-state index contributed by atoms with van der Waals surface area (Å²) in [7, 11) is -4.40. The molecule has 1 N–H and O–H groups in total. The molecule has 6 rings (SSSR count). The van der Waals surface area contributed by atoms with E-state index >= 15 is 0 Å². The van der Waals surface area contributed by atoms with Crippen LogP contribution in [0.15, 0.2) is 103 Å². The fourth-order valence-corrected chi connectivity index (χ4v) is 4.68. The Kier molecular flexibility index (Phi) is 7.33. The van der Waals surface area contributed by atoms with Gasteiger partial charge in [0.15, 0.2) is 10.1 Å². The van der Waals surface area contributed by atoms with Gasteiger partial charge in [0, 0.05) is 22.7 Å². The predicted octanol–water partition coefficient (Wildman–Crippen LogP) is 6.61. The predicted molar refractivity (Wildman–Crippen MR) is 150 cm³/mol. The van der Waals surface area contributed by atoms with Gasteiger partial charge in [-0.05, 0) is 54.8 Å². The average molecular weight is 580 g/mol. The minimum atomic E-state index is -6.09. The van der Waals surface area contributed by atoms with Gasteiger partial charge in [-0.2, -0.15) is 22.0 Å². The molecule has 0 aliphatic heterocycles. The van der Waals surface area contributed by atoms with E-state index in [1.165, 1.54) is 16.3 Å². The fourth-order valence-electron chi connectivity index (χ4n) is 4.68. The van der Waals surface area contributed by atoms with Crippen molar-refractivity contribution in [2.24, 2.45) is 0 Å². The number of benzene rings is 3. The van der Waals surface area contributed by atoms with Crippen LogP contribution in [0.5, 0.6) is 5.75 Å². The van der Waals surface area contributed by atoms with Crippen molar-refractivity contribution in [3.05, 3.63) is 109 Å². The summed E-state index contributed by atoms with van der Waals surface area (Å²) in [4.78, 5) is 0. The molecule has 0 atom stereocenters. The van der Waals surface area contributed by atoms with Gasteiger partial charge in [-0.15, -0.1) is 0 Å². The number of halogens is 3. The van der Waals surface area contributed by atoms with Gasteiger partial charge in [0.05, 0.1) is 7.11 Å². The van der Waals surface area contributed by atoms with Crippen LogP contribution >= 0.6 is 0 Å². The van der Waals surface area contributed by atoms with Crippen LogP contribution < -0.4 is 14.5 Å². The molecule has 0 saturated heterocycles. The van der Waals surface area contributed by atoms with Crippen molar-refractivity contribution in [3.8, 4) is 17.0 Å². The van der Waals surface area contributed by atoms with Gasteiger partial charge in [-0.3, -0.25) is 0 Å². The van der Waals surface area contributed by atoms with Gasteiger partial charge in [-0.25, -0.2) is 8.42 Å². The molecule has 0 aliphatic carbocycles. The Morgan fingerprint density at radius 1 is 0.878 bits per heavy atom. The van der Waals surface area contributed by atoms with Gasteiger partial charge >= 0.3 is 5.51 Å². The van der Waals surface area contributed by atoms with Crippen LogP contribution in [0.2, 0.25) is 0 Å². The SMILES string of the molecule is COc1ccc(Nc2c3c4ccccc4cc(-c4ccccc4)[n+]3c3cccc(C)n23)cc1.O=S(=O)([O-])C(F)(F)F. The number of alkyl halides is 3. The van der Waals surface area contributed by atoms with Crippen LogP contribution in [0.25, 0.3) is 33.2 Å². The van der Waals surface area contributed by atoms with Gasteiger partial charge in [0.2, 0.25) is 5.52 Å². The second kappa shape index (κ2) is 10.8. The number of hydrogen-bond acceptors (Lipinski definition) is 5. The Balaban J connectivity index is 0.000000372. The summed E-state index contributed by atoms with van der Waals surface area (Å²) < 4.78 is 68.9. The highest BCUT2D eigenvalue weighted by molar-refractivity contribution is 7.86. The summed E-state index contributed by atoms with van der Waals surface area (Å²) in [6.45, 7) is 2.15. The van der Waals surface area contributed by atoms with Crippen LogP contribution in [0.3, 0.4) is 0 Å². The summed E-state index contributed by atoms with van der Waals surface area (Å²) in [5.41, 5.74) is 1.14. The monoisotopic (exact) mass is 579 g/mol. The molecule has 210 valence electrons. The minimum absolute atomic E-state index is 0.841. The van der Waals surface area contributed by atoms with E-state index in [0.29, 0.717) is 0 Å². The first kappa shape index (κ1) is 27.9. The molecule has 0 amide bonds. The molecule has 3 aromatic carbocycles. The Bertz CT molecular complexity index is 1970. The van der Waals surface area contributed by atoms with Crippen LogP contribution in [0.4, 0.5) is 24.7 Å². The molecule has 0 fully saturated rings. The fraction of sp³-hybridized carbons (Fsp3) is 0.100. The molecule has 11 heteroatoms. The summed E-state index contributed by atoms with van der Waals surface area (Å²) in [5, 5.41) is 6.14. The van der Waals surface area contributed by atoms with E-state index in [0.717, 1.165) is 39.8 Å². The molecule has 6 aromatic rings. The van der Waals surface area contributed by atoms with Crippen molar-refractivity contribution in [2.45, 2.75) is 12.4 Å². The van der Waals surface area contributed by atoms with E-state index in [-0.39, 0.29) is 0 Å². The van der Waals surface area contributed by atoms with E-state index in [1.54, 1.807) is 7.11 Å². The molecular formula is C30H24F3N3O4S. The van der Waals surface area contributed by atoms with E-state index in [4.69, 9.17) is 17.7 Å². The maximum absolute atomic E-state index is 10.7. The summed E-state index contributed by atoms with van der Waals surface area (Å²) in [6.07, 6.45) is 0. The average Bonchev–Trinajstić information content (AvgIpc) is 3.28. The largest absolute Gasteiger partial charge is 0.741 e. The number of nitrogens with one attached hydrogen (secondary N) is 1. The third-order valence-electron chi connectivity index (χ3n) is 6.52. The number of methoxy groups -OCH3 is 1. The molecular weight excluding hydrogens is 555 g/mol. The summed E-state index contributed by atoms with van der Waals surface area (Å²) >= 11 is 0. The summed E-state index contributed by atoms with van der Waals surface area (Å²) in [6, 6.07) is 36.0. The van der Waals surface area contributed by atoms with Crippen LogP contribution in [0, 0.1) is 6.92 Å². The molecule has 0 aliphatic rings. The summed E-state index contributed by atoms with van der Waals surface area (Å²) in [5.74, 6) is 1.88. The lowest BCUT2D eigenvalue weighted by Crippen LogP contribution is -2.24. The second-order valence-electron chi connectivity index (χ2n) is 9.13. The topological polar surface area (TPSA) is 87.0 Å². The number of rotatable bonds is 4. The first-order valence-electron chi connectivity index (χ1n) is 12.4. The maximum Gasteiger partial charge on any atom is 0.485 e. The van der Waals surface area contributed by atoms with Gasteiger partial charge in [-0.1, -0.05) is 54.6 Å². The van der Waals surface area contributed by atoms with E-state index in [1.807, 2.05) is 12.1 Å². The van der Waals surface area contributed by atoms with Crippen molar-refractivity contribution in [1.29, 1.82) is 0 Å². The van der Waals surface area contributed by atoms with Crippen LogP contribution in [0.1, 0.15) is 5.69 Å². The quantitative estimate of drug-likeness (QED) is 0.144. The Hall–Kier alpha value is -4.61. The van der Waals surface area contributed by atoms with Crippen molar-refractivity contribution < 1.29 is 35.3 Å². The normalized spacial score (nSPS) is 11.9. The van der Waals surface area contributed by atoms with Crippen molar-refractivity contribution in [3.63, 3.8) is 0 Å². The smallest absolute Gasteiger partial charge is 0.485 e. The number of aryl methyl sites for hydroxylation is 1. The lowest BCUT2D eigenvalue weighted by Gasteiger charge is -2.08. The number of nitrogens with zero attached hydrogens (tertiary/aromatic N) is 2. The lowest BCUT2D eigenvalue weighted by atomic mass is 10.1. The molecule has 0 radical (unpaired) electrons. The number of anilines is 2. The molecule has 3 aromatic heterocycles. The number of aromatic nitrogens is 2. The standard InChI is InChI=1S/C29H24N3O.CHF3O3S/c1-20-9-8-14-27-31(20)29(30-23-15-17-24(33-2)18-16-23)28-25-13-7-6-12-22(25)19-26(32(27)28)21-10-4-3-5-11-21;2-1(3,4)8(5,6)7/h3-19,30H,1-2H3;(H,5,6,7)/q+1;/p-1. The van der Waals surface area contributed by atoms with Crippen molar-refractivity contribution in [1.82, 2.24) is 4.40 Å². The molecule has 0 saturated carbocycles. The number of fused-ring (bicyclic) bond motifs is 5. The Morgan fingerprint density at radius 2 is 1.51 bits per heavy atom. The number of imidazole rings is 1. The number of ether oxygens (including phenoxy) is 1. The third-order valence-corrected chi connectivity index (χ3v) is 7.09. The molecule has 3 heterocycles. The van der Waals surface area contributed by atoms with Gasteiger partial charge < -0.3 is 14.6 Å². The highest BCUT2D eigenvalue weighted by Gasteiger charge is 2.37. The number of hydrogen-bond donors (Lipinski definition) is 1. The maximum atomic E-state index is 10.7. The van der Waals surface area contributed by atoms with Crippen LogP contribution in [-0.4, -0.2) is 30.0 Å².